The fourth-order valence-corrected chi connectivity index (χ4v) is 2.12. The summed E-state index contributed by atoms with van der Waals surface area (Å²) in [5.41, 5.74) is 4.02. The summed E-state index contributed by atoms with van der Waals surface area (Å²) in [7, 11) is 3.75. The maximum atomic E-state index is 10.2. The molecule has 0 fully saturated rings. The SMILES string of the molecule is Cc1nn(C)c(C)c1CC(O)c1ccnn1C. The molecule has 0 aliphatic heterocycles. The summed E-state index contributed by atoms with van der Waals surface area (Å²) in [6.45, 7) is 3.99. The van der Waals surface area contributed by atoms with Crippen LogP contribution in [0.1, 0.15) is 28.7 Å². The van der Waals surface area contributed by atoms with Crippen molar-refractivity contribution < 1.29 is 5.11 Å². The molecule has 0 radical (unpaired) electrons. The van der Waals surface area contributed by atoms with Crippen LogP contribution in [0.5, 0.6) is 0 Å². The Balaban J connectivity index is 2.24. The molecule has 2 aromatic heterocycles. The van der Waals surface area contributed by atoms with Gasteiger partial charge < -0.3 is 5.11 Å². The highest BCUT2D eigenvalue weighted by molar-refractivity contribution is 5.26. The number of aryl methyl sites for hydroxylation is 3. The van der Waals surface area contributed by atoms with Gasteiger partial charge >= 0.3 is 0 Å². The van der Waals surface area contributed by atoms with E-state index in [9.17, 15) is 5.11 Å². The third-order valence-corrected chi connectivity index (χ3v) is 3.26. The first kappa shape index (κ1) is 11.9. The summed E-state index contributed by atoms with van der Waals surface area (Å²) in [5.74, 6) is 0. The number of hydrogen-bond donors (Lipinski definition) is 1. The number of aliphatic hydroxyl groups is 1. The molecule has 0 aliphatic rings. The predicted molar refractivity (Wildman–Crippen MR) is 64.6 cm³/mol. The predicted octanol–water partition coefficient (Wildman–Crippen LogP) is 1.05. The fourth-order valence-electron chi connectivity index (χ4n) is 2.12. The highest BCUT2D eigenvalue weighted by Crippen LogP contribution is 2.21. The third kappa shape index (κ3) is 2.10. The average molecular weight is 234 g/mol. The minimum atomic E-state index is -0.538. The molecule has 0 saturated carbocycles. The fraction of sp³-hybridized carbons (Fsp3) is 0.500. The molecule has 2 aromatic rings. The van der Waals surface area contributed by atoms with Gasteiger partial charge in [0.1, 0.15) is 0 Å². The maximum Gasteiger partial charge on any atom is 0.0998 e. The standard InChI is InChI=1S/C12H18N4O/c1-8-10(9(2)15(3)14-8)7-12(17)11-5-6-13-16(11)4/h5-6,12,17H,7H2,1-4H3. The molecule has 0 aromatic carbocycles. The summed E-state index contributed by atoms with van der Waals surface area (Å²) in [6, 6.07) is 1.84. The van der Waals surface area contributed by atoms with Crippen molar-refractivity contribution in [3.8, 4) is 0 Å². The first-order valence-corrected chi connectivity index (χ1v) is 5.65. The average Bonchev–Trinajstić information content (AvgIpc) is 2.78. The first-order valence-electron chi connectivity index (χ1n) is 5.65. The number of aliphatic hydroxyl groups excluding tert-OH is 1. The van der Waals surface area contributed by atoms with E-state index in [1.165, 1.54) is 0 Å². The largest absolute Gasteiger partial charge is 0.386 e. The number of hydrogen-bond acceptors (Lipinski definition) is 3. The minimum Gasteiger partial charge on any atom is -0.386 e. The zero-order valence-corrected chi connectivity index (χ0v) is 10.7. The lowest BCUT2D eigenvalue weighted by Crippen LogP contribution is -2.09. The van der Waals surface area contributed by atoms with Crippen LogP contribution in [0, 0.1) is 13.8 Å². The van der Waals surface area contributed by atoms with Crippen LogP contribution in [-0.2, 0) is 20.5 Å². The smallest absolute Gasteiger partial charge is 0.0998 e. The Kier molecular flexibility index (Phi) is 3.02. The molecule has 5 heteroatoms. The zero-order valence-electron chi connectivity index (χ0n) is 10.7. The van der Waals surface area contributed by atoms with Crippen molar-refractivity contribution in [2.24, 2.45) is 14.1 Å². The van der Waals surface area contributed by atoms with Gasteiger partial charge in [0.25, 0.3) is 0 Å². The van der Waals surface area contributed by atoms with E-state index in [0.717, 1.165) is 22.6 Å². The van der Waals surface area contributed by atoms with Gasteiger partial charge in [0.15, 0.2) is 0 Å². The van der Waals surface area contributed by atoms with E-state index < -0.39 is 6.10 Å². The van der Waals surface area contributed by atoms with Crippen molar-refractivity contribution in [1.29, 1.82) is 0 Å². The lowest BCUT2D eigenvalue weighted by Gasteiger charge is -2.11. The molecule has 1 N–H and O–H groups in total. The Morgan fingerprint density at radius 1 is 1.29 bits per heavy atom. The molecule has 92 valence electrons. The Bertz CT molecular complexity index is 527. The summed E-state index contributed by atoms with van der Waals surface area (Å²) in [5, 5.41) is 18.6. The van der Waals surface area contributed by atoms with Gasteiger partial charge in [-0.05, 0) is 25.5 Å². The molecule has 5 nitrogen and oxygen atoms in total. The Morgan fingerprint density at radius 2 is 2.00 bits per heavy atom. The summed E-state index contributed by atoms with van der Waals surface area (Å²) >= 11 is 0. The van der Waals surface area contributed by atoms with Gasteiger partial charge in [-0.2, -0.15) is 10.2 Å². The van der Waals surface area contributed by atoms with Crippen LogP contribution in [-0.4, -0.2) is 24.7 Å². The molecule has 0 bridgehead atoms. The number of rotatable bonds is 3. The molecule has 17 heavy (non-hydrogen) atoms. The molecule has 2 heterocycles. The molecule has 1 atom stereocenters. The van der Waals surface area contributed by atoms with Crippen molar-refractivity contribution in [3.05, 3.63) is 34.9 Å². The monoisotopic (exact) mass is 234 g/mol. The van der Waals surface area contributed by atoms with Gasteiger partial charge in [-0.15, -0.1) is 0 Å². The van der Waals surface area contributed by atoms with Crippen molar-refractivity contribution in [2.75, 3.05) is 0 Å². The third-order valence-electron chi connectivity index (χ3n) is 3.26. The van der Waals surface area contributed by atoms with Crippen LogP contribution >= 0.6 is 0 Å². The van der Waals surface area contributed by atoms with Crippen molar-refractivity contribution in [3.63, 3.8) is 0 Å². The molecular weight excluding hydrogens is 216 g/mol. The van der Waals surface area contributed by atoms with E-state index in [-0.39, 0.29) is 0 Å². The topological polar surface area (TPSA) is 55.9 Å². The molecule has 0 aliphatic carbocycles. The number of aromatic nitrogens is 4. The van der Waals surface area contributed by atoms with Crippen molar-refractivity contribution >= 4 is 0 Å². The van der Waals surface area contributed by atoms with E-state index in [0.29, 0.717) is 6.42 Å². The van der Waals surface area contributed by atoms with E-state index in [1.54, 1.807) is 10.9 Å². The Hall–Kier alpha value is -1.62. The van der Waals surface area contributed by atoms with E-state index in [2.05, 4.69) is 10.2 Å². The normalized spacial score (nSPS) is 13.0. The van der Waals surface area contributed by atoms with E-state index in [4.69, 9.17) is 0 Å². The van der Waals surface area contributed by atoms with Crippen LogP contribution in [0.15, 0.2) is 12.3 Å². The molecule has 2 rings (SSSR count). The lowest BCUT2D eigenvalue weighted by atomic mass is 10.0. The van der Waals surface area contributed by atoms with Gasteiger partial charge in [0.2, 0.25) is 0 Å². The maximum absolute atomic E-state index is 10.2. The van der Waals surface area contributed by atoms with Crippen LogP contribution < -0.4 is 0 Å². The summed E-state index contributed by atoms with van der Waals surface area (Å²) in [6.07, 6.45) is 1.73. The minimum absolute atomic E-state index is 0.538. The Labute approximate surface area is 101 Å². The summed E-state index contributed by atoms with van der Waals surface area (Å²) < 4.78 is 3.55. The van der Waals surface area contributed by atoms with Gasteiger partial charge in [0.05, 0.1) is 17.5 Å². The first-order chi connectivity index (χ1) is 8.00. The van der Waals surface area contributed by atoms with E-state index >= 15 is 0 Å². The Morgan fingerprint density at radius 3 is 2.47 bits per heavy atom. The van der Waals surface area contributed by atoms with Crippen molar-refractivity contribution in [2.45, 2.75) is 26.4 Å². The van der Waals surface area contributed by atoms with Gasteiger partial charge in [-0.3, -0.25) is 9.36 Å². The second-order valence-electron chi connectivity index (χ2n) is 4.37. The molecule has 1 unspecified atom stereocenters. The van der Waals surface area contributed by atoms with Crippen LogP contribution in [0.2, 0.25) is 0 Å². The second kappa shape index (κ2) is 4.33. The van der Waals surface area contributed by atoms with Gasteiger partial charge in [-0.1, -0.05) is 0 Å². The quantitative estimate of drug-likeness (QED) is 0.863. The highest BCUT2D eigenvalue weighted by atomic mass is 16.3. The molecular formula is C12H18N4O. The molecule has 0 spiro atoms. The van der Waals surface area contributed by atoms with Crippen LogP contribution in [0.25, 0.3) is 0 Å². The highest BCUT2D eigenvalue weighted by Gasteiger charge is 2.17. The van der Waals surface area contributed by atoms with Crippen LogP contribution in [0.3, 0.4) is 0 Å². The van der Waals surface area contributed by atoms with Crippen LogP contribution in [0.4, 0.5) is 0 Å². The van der Waals surface area contributed by atoms with Gasteiger partial charge in [-0.25, -0.2) is 0 Å². The number of nitrogens with zero attached hydrogens (tertiary/aromatic N) is 4. The molecule has 0 saturated heterocycles. The van der Waals surface area contributed by atoms with Crippen molar-refractivity contribution in [1.82, 2.24) is 19.6 Å². The second-order valence-corrected chi connectivity index (χ2v) is 4.37. The molecule has 0 amide bonds. The zero-order chi connectivity index (χ0) is 12.6. The summed E-state index contributed by atoms with van der Waals surface area (Å²) in [4.78, 5) is 0. The van der Waals surface area contributed by atoms with Gasteiger partial charge in [0, 0.05) is 32.4 Å². The van der Waals surface area contributed by atoms with E-state index in [1.807, 2.05) is 38.7 Å². The lowest BCUT2D eigenvalue weighted by molar-refractivity contribution is 0.168.